The third-order valence-electron chi connectivity index (χ3n) is 0.341. The standard InChI is InChI=1S/C3H2O7.2Mn.2H3N/c4-1(5)9-3(8)10-2(6)7;;;;/h(H,4,5)(H,6,7);;;2*1H3. The fourth-order valence-corrected chi connectivity index (χ4v) is 0.163. The summed E-state index contributed by atoms with van der Waals surface area (Å²) in [4.78, 5) is 28.8. The monoisotopic (exact) mass is 294 g/mol. The van der Waals surface area contributed by atoms with Gasteiger partial charge in [-0.25, -0.2) is 14.4 Å². The molecule has 9 nitrogen and oxygen atoms in total. The van der Waals surface area contributed by atoms with E-state index in [0.717, 1.165) is 0 Å². The molecule has 8 N–H and O–H groups in total. The van der Waals surface area contributed by atoms with Crippen molar-refractivity contribution < 1.29 is 68.2 Å². The van der Waals surface area contributed by atoms with Crippen LogP contribution in [0.4, 0.5) is 14.4 Å². The molecule has 0 aliphatic carbocycles. The van der Waals surface area contributed by atoms with Crippen molar-refractivity contribution in [2.45, 2.75) is 0 Å². The maximum Gasteiger partial charge on any atom is 0.528 e. The zero-order chi connectivity index (χ0) is 8.15. The molecule has 0 aromatic heterocycles. The first-order valence-corrected chi connectivity index (χ1v) is 1.88. The molecule has 14 heavy (non-hydrogen) atoms. The van der Waals surface area contributed by atoms with E-state index in [9.17, 15) is 14.4 Å². The summed E-state index contributed by atoms with van der Waals surface area (Å²) in [6.07, 6.45) is -5.64. The minimum atomic E-state index is -1.92. The summed E-state index contributed by atoms with van der Waals surface area (Å²) in [6, 6.07) is 0. The summed E-state index contributed by atoms with van der Waals surface area (Å²) in [6.45, 7) is 0. The first-order chi connectivity index (χ1) is 4.52. The zero-order valence-corrected chi connectivity index (χ0v) is 8.97. The molecule has 0 aromatic carbocycles. The van der Waals surface area contributed by atoms with Crippen LogP contribution >= 0.6 is 0 Å². The molecule has 0 spiro atoms. The second kappa shape index (κ2) is 14.7. The van der Waals surface area contributed by atoms with Crippen molar-refractivity contribution in [3.05, 3.63) is 0 Å². The van der Waals surface area contributed by atoms with E-state index in [1.54, 1.807) is 0 Å². The van der Waals surface area contributed by atoms with Crippen molar-refractivity contribution >= 4 is 18.5 Å². The average Bonchev–Trinajstić information content (AvgIpc) is 1.58. The smallest absolute Gasteiger partial charge is 0.449 e. The Hall–Kier alpha value is -0.831. The molecule has 0 aliphatic rings. The van der Waals surface area contributed by atoms with Gasteiger partial charge in [0.25, 0.3) is 0 Å². The molecule has 0 saturated heterocycles. The second-order valence-electron chi connectivity index (χ2n) is 0.986. The fourth-order valence-electron chi connectivity index (χ4n) is 0.163. The van der Waals surface area contributed by atoms with Gasteiger partial charge in [-0.15, -0.1) is 0 Å². The van der Waals surface area contributed by atoms with E-state index in [2.05, 4.69) is 9.47 Å². The van der Waals surface area contributed by atoms with E-state index >= 15 is 0 Å². The molecule has 86 valence electrons. The molecular formula is C3H8Mn2N2O7. The van der Waals surface area contributed by atoms with Gasteiger partial charge in [-0.05, 0) is 0 Å². The van der Waals surface area contributed by atoms with Gasteiger partial charge in [0.1, 0.15) is 0 Å². The van der Waals surface area contributed by atoms with E-state index in [4.69, 9.17) is 10.2 Å². The minimum Gasteiger partial charge on any atom is -0.449 e. The maximum atomic E-state index is 9.86. The molecule has 0 aliphatic heterocycles. The third-order valence-corrected chi connectivity index (χ3v) is 0.341. The van der Waals surface area contributed by atoms with Crippen molar-refractivity contribution in [1.29, 1.82) is 0 Å². The summed E-state index contributed by atoms with van der Waals surface area (Å²) < 4.78 is 6.47. The molecule has 0 bridgehead atoms. The van der Waals surface area contributed by atoms with Crippen molar-refractivity contribution in [2.24, 2.45) is 0 Å². The van der Waals surface area contributed by atoms with Crippen molar-refractivity contribution in [3.63, 3.8) is 0 Å². The average molecular weight is 294 g/mol. The zero-order valence-electron chi connectivity index (χ0n) is 6.61. The molecule has 0 aromatic rings. The van der Waals surface area contributed by atoms with Crippen LogP contribution in [-0.2, 0) is 43.6 Å². The summed E-state index contributed by atoms with van der Waals surface area (Å²) in [5.74, 6) is 0. The predicted molar refractivity (Wildman–Crippen MR) is 33.7 cm³/mol. The van der Waals surface area contributed by atoms with E-state index < -0.39 is 18.5 Å². The number of rotatable bonds is 0. The largest absolute Gasteiger partial charge is 0.528 e. The van der Waals surface area contributed by atoms with Crippen LogP contribution < -0.4 is 12.3 Å². The van der Waals surface area contributed by atoms with Crippen LogP contribution in [0.15, 0.2) is 0 Å². The summed E-state index contributed by atoms with van der Waals surface area (Å²) in [5.41, 5.74) is 0. The summed E-state index contributed by atoms with van der Waals surface area (Å²) in [5, 5.41) is 15.4. The molecule has 11 heteroatoms. The van der Waals surface area contributed by atoms with Gasteiger partial charge in [0.15, 0.2) is 0 Å². The Morgan fingerprint density at radius 1 is 0.786 bits per heavy atom. The number of carbonyl (C=O) groups excluding carboxylic acids is 1. The first kappa shape index (κ1) is 29.2. The topological polar surface area (TPSA) is 180 Å². The van der Waals surface area contributed by atoms with Gasteiger partial charge in [0.2, 0.25) is 0 Å². The Bertz CT molecular complexity index is 168. The quantitative estimate of drug-likeness (QED) is 0.285. The van der Waals surface area contributed by atoms with Crippen LogP contribution in [0.2, 0.25) is 0 Å². The van der Waals surface area contributed by atoms with Gasteiger partial charge in [-0.2, -0.15) is 0 Å². The minimum absolute atomic E-state index is 0. The SMILES string of the molecule is N.N.O=C(O)OC(=O)OC(=O)O.[Mn].[Mn]. The Balaban J connectivity index is -0.0000000675. The van der Waals surface area contributed by atoms with Gasteiger partial charge < -0.3 is 32.0 Å². The van der Waals surface area contributed by atoms with Crippen LogP contribution in [0.5, 0.6) is 0 Å². The van der Waals surface area contributed by atoms with Crippen LogP contribution in [-0.4, -0.2) is 28.7 Å². The van der Waals surface area contributed by atoms with Crippen LogP contribution in [0.1, 0.15) is 0 Å². The molecule has 0 rings (SSSR count). The second-order valence-corrected chi connectivity index (χ2v) is 0.986. The van der Waals surface area contributed by atoms with E-state index in [0.29, 0.717) is 0 Å². The van der Waals surface area contributed by atoms with Crippen LogP contribution in [0.3, 0.4) is 0 Å². The summed E-state index contributed by atoms with van der Waals surface area (Å²) in [7, 11) is 0. The van der Waals surface area contributed by atoms with Gasteiger partial charge in [0.05, 0.1) is 0 Å². The number of carbonyl (C=O) groups is 3. The van der Waals surface area contributed by atoms with Gasteiger partial charge >= 0.3 is 18.5 Å². The normalized spacial score (nSPS) is 5.71. The third kappa shape index (κ3) is 22.5. The number of ether oxygens (including phenoxy) is 2. The van der Waals surface area contributed by atoms with Crippen molar-refractivity contribution in [1.82, 2.24) is 12.3 Å². The van der Waals surface area contributed by atoms with E-state index in [-0.39, 0.29) is 46.4 Å². The van der Waals surface area contributed by atoms with E-state index in [1.165, 1.54) is 0 Å². The Kier molecular flexibility index (Phi) is 30.6. The molecule has 0 fully saturated rings. The van der Waals surface area contributed by atoms with Gasteiger partial charge in [-0.3, -0.25) is 0 Å². The molecular weight excluding hydrogens is 286 g/mol. The Morgan fingerprint density at radius 2 is 1.00 bits per heavy atom. The van der Waals surface area contributed by atoms with Gasteiger partial charge in [-0.1, -0.05) is 0 Å². The Morgan fingerprint density at radius 3 is 1.14 bits per heavy atom. The van der Waals surface area contributed by atoms with Gasteiger partial charge in [0, 0.05) is 34.1 Å². The molecule has 0 saturated carbocycles. The van der Waals surface area contributed by atoms with Crippen molar-refractivity contribution in [2.75, 3.05) is 0 Å². The first-order valence-electron chi connectivity index (χ1n) is 1.88. The summed E-state index contributed by atoms with van der Waals surface area (Å²) >= 11 is 0. The number of carboxylic acid groups (broad SMARTS) is 2. The molecule has 2 radical (unpaired) electrons. The van der Waals surface area contributed by atoms with Crippen LogP contribution in [0.25, 0.3) is 0 Å². The van der Waals surface area contributed by atoms with E-state index in [1.807, 2.05) is 0 Å². The molecule has 0 amide bonds. The number of hydrogen-bond acceptors (Lipinski definition) is 7. The Labute approximate surface area is 99.2 Å². The number of hydrogen-bond donors (Lipinski definition) is 4. The van der Waals surface area contributed by atoms with Crippen LogP contribution in [0, 0.1) is 0 Å². The molecule has 0 unspecified atom stereocenters. The predicted octanol–water partition coefficient (Wildman–Crippen LogP) is 0.815. The molecule has 0 atom stereocenters. The van der Waals surface area contributed by atoms with Crippen molar-refractivity contribution in [3.8, 4) is 0 Å². The molecule has 0 heterocycles. The maximum absolute atomic E-state index is 9.86. The fraction of sp³-hybridized carbons (Fsp3) is 0.